The molecule has 3 rings (SSSR count). The van der Waals surface area contributed by atoms with Gasteiger partial charge in [0.1, 0.15) is 5.54 Å². The molecule has 26 heavy (non-hydrogen) atoms. The summed E-state index contributed by atoms with van der Waals surface area (Å²) in [5.41, 5.74) is 0.196. The van der Waals surface area contributed by atoms with Crippen LogP contribution < -0.4 is 0 Å². The Morgan fingerprint density at radius 1 is 1.19 bits per heavy atom. The van der Waals surface area contributed by atoms with Gasteiger partial charge in [0.15, 0.2) is 0 Å². The number of piperazine rings is 1. The molecule has 1 aromatic rings. The first-order valence-electron chi connectivity index (χ1n) is 8.90. The first-order chi connectivity index (χ1) is 12.3. The molecule has 0 aromatic heterocycles. The fourth-order valence-corrected chi connectivity index (χ4v) is 3.61. The van der Waals surface area contributed by atoms with E-state index in [1.807, 2.05) is 35.2 Å². The summed E-state index contributed by atoms with van der Waals surface area (Å²) in [4.78, 5) is 42.5. The number of nitrogens with zero attached hydrogens (tertiary/aromatic N) is 3. The van der Waals surface area contributed by atoms with Gasteiger partial charge in [-0.25, -0.2) is 0 Å². The number of rotatable bonds is 4. The monoisotopic (exact) mass is 355 g/mol. The van der Waals surface area contributed by atoms with Crippen LogP contribution in [0.15, 0.2) is 43.0 Å². The van der Waals surface area contributed by atoms with Crippen LogP contribution in [0.3, 0.4) is 0 Å². The molecule has 6 heteroatoms. The Kier molecular flexibility index (Phi) is 4.85. The first kappa shape index (κ1) is 18.2. The van der Waals surface area contributed by atoms with Crippen molar-refractivity contribution in [2.75, 3.05) is 26.2 Å². The maximum absolute atomic E-state index is 13.0. The maximum Gasteiger partial charge on any atom is 0.248 e. The number of carbonyl (C=O) groups is 3. The second-order valence-electron chi connectivity index (χ2n) is 7.41. The third-order valence-electron chi connectivity index (χ3n) is 5.28. The van der Waals surface area contributed by atoms with Crippen molar-refractivity contribution < 1.29 is 14.4 Å². The minimum Gasteiger partial charge on any atom is -0.337 e. The molecule has 2 fully saturated rings. The van der Waals surface area contributed by atoms with Gasteiger partial charge in [0, 0.05) is 32.7 Å². The number of carbonyl (C=O) groups excluding carboxylic acids is 3. The van der Waals surface area contributed by atoms with Gasteiger partial charge in [0.2, 0.25) is 17.7 Å². The molecule has 3 amide bonds. The van der Waals surface area contributed by atoms with Crippen molar-refractivity contribution in [1.82, 2.24) is 14.7 Å². The second-order valence-corrected chi connectivity index (χ2v) is 7.41. The molecule has 0 atom stereocenters. The van der Waals surface area contributed by atoms with Crippen molar-refractivity contribution in [2.24, 2.45) is 5.92 Å². The van der Waals surface area contributed by atoms with Crippen LogP contribution >= 0.6 is 0 Å². The van der Waals surface area contributed by atoms with Gasteiger partial charge in [-0.3, -0.25) is 14.4 Å². The van der Waals surface area contributed by atoms with Crippen LogP contribution in [-0.4, -0.2) is 64.1 Å². The topological polar surface area (TPSA) is 60.9 Å². The average molecular weight is 355 g/mol. The standard InChI is InChI=1S/C20H25N3O3/c1-4-17(24)22-13-16(14-22)18(25)23-11-10-21(19(26)20(23,2)3)12-15-8-6-5-7-9-15/h4-9,16H,1,10-14H2,2-3H3. The van der Waals surface area contributed by atoms with E-state index in [1.54, 1.807) is 23.6 Å². The molecular weight excluding hydrogens is 330 g/mol. The number of hydrogen-bond donors (Lipinski definition) is 0. The summed E-state index contributed by atoms with van der Waals surface area (Å²) < 4.78 is 0. The van der Waals surface area contributed by atoms with Crippen molar-refractivity contribution in [3.63, 3.8) is 0 Å². The lowest BCUT2D eigenvalue weighted by molar-refractivity contribution is -0.165. The summed E-state index contributed by atoms with van der Waals surface area (Å²) in [6.07, 6.45) is 1.26. The van der Waals surface area contributed by atoms with Gasteiger partial charge in [-0.15, -0.1) is 0 Å². The summed E-state index contributed by atoms with van der Waals surface area (Å²) >= 11 is 0. The van der Waals surface area contributed by atoms with E-state index in [0.29, 0.717) is 32.7 Å². The van der Waals surface area contributed by atoms with Crippen molar-refractivity contribution in [3.8, 4) is 0 Å². The van der Waals surface area contributed by atoms with E-state index in [4.69, 9.17) is 0 Å². The summed E-state index contributed by atoms with van der Waals surface area (Å²) in [7, 11) is 0. The van der Waals surface area contributed by atoms with Crippen LogP contribution in [-0.2, 0) is 20.9 Å². The molecule has 6 nitrogen and oxygen atoms in total. The predicted molar refractivity (Wildman–Crippen MR) is 97.9 cm³/mol. The lowest BCUT2D eigenvalue weighted by atomic mass is 9.91. The van der Waals surface area contributed by atoms with E-state index in [9.17, 15) is 14.4 Å². The Labute approximate surface area is 154 Å². The van der Waals surface area contributed by atoms with Crippen molar-refractivity contribution >= 4 is 17.7 Å². The molecule has 0 spiro atoms. The molecule has 0 unspecified atom stereocenters. The zero-order chi connectivity index (χ0) is 18.9. The molecule has 2 aliphatic rings. The van der Waals surface area contributed by atoms with Gasteiger partial charge in [0.05, 0.1) is 5.92 Å². The van der Waals surface area contributed by atoms with Crippen LogP contribution in [0.25, 0.3) is 0 Å². The van der Waals surface area contributed by atoms with E-state index in [2.05, 4.69) is 6.58 Å². The highest BCUT2D eigenvalue weighted by Gasteiger charge is 2.47. The fraction of sp³-hybridized carbons (Fsp3) is 0.450. The Hall–Kier alpha value is -2.63. The summed E-state index contributed by atoms with van der Waals surface area (Å²) in [6, 6.07) is 9.86. The van der Waals surface area contributed by atoms with Gasteiger partial charge < -0.3 is 14.7 Å². The normalized spacial score (nSPS) is 19.9. The number of benzene rings is 1. The highest BCUT2D eigenvalue weighted by molar-refractivity contribution is 5.94. The van der Waals surface area contributed by atoms with Gasteiger partial charge >= 0.3 is 0 Å². The van der Waals surface area contributed by atoms with Gasteiger partial charge in [-0.2, -0.15) is 0 Å². The lowest BCUT2D eigenvalue weighted by Gasteiger charge is -2.49. The third-order valence-corrected chi connectivity index (χ3v) is 5.28. The van der Waals surface area contributed by atoms with E-state index in [1.165, 1.54) is 6.08 Å². The molecule has 0 bridgehead atoms. The Balaban J connectivity index is 1.64. The zero-order valence-electron chi connectivity index (χ0n) is 15.4. The Morgan fingerprint density at radius 2 is 1.85 bits per heavy atom. The number of amides is 3. The minimum absolute atomic E-state index is 0.0423. The number of hydrogen-bond acceptors (Lipinski definition) is 3. The van der Waals surface area contributed by atoms with Gasteiger partial charge in [-0.1, -0.05) is 36.9 Å². The lowest BCUT2D eigenvalue weighted by Crippen LogP contribution is -2.67. The quantitative estimate of drug-likeness (QED) is 0.765. The second kappa shape index (κ2) is 6.94. The zero-order valence-corrected chi connectivity index (χ0v) is 15.4. The Morgan fingerprint density at radius 3 is 2.46 bits per heavy atom. The van der Waals surface area contributed by atoms with Crippen molar-refractivity contribution in [2.45, 2.75) is 25.9 Å². The maximum atomic E-state index is 13.0. The van der Waals surface area contributed by atoms with Crippen molar-refractivity contribution in [3.05, 3.63) is 48.6 Å². The SMILES string of the molecule is C=CC(=O)N1CC(C(=O)N2CCN(Cc3ccccc3)C(=O)C2(C)C)C1. The van der Waals surface area contributed by atoms with E-state index >= 15 is 0 Å². The molecule has 2 heterocycles. The van der Waals surface area contributed by atoms with E-state index in [-0.39, 0.29) is 23.6 Å². The number of likely N-dealkylation sites (tertiary alicyclic amines) is 1. The average Bonchev–Trinajstić information content (AvgIpc) is 2.58. The smallest absolute Gasteiger partial charge is 0.248 e. The van der Waals surface area contributed by atoms with Crippen LogP contribution in [0.2, 0.25) is 0 Å². The molecule has 1 aromatic carbocycles. The molecule has 0 N–H and O–H groups in total. The largest absolute Gasteiger partial charge is 0.337 e. The summed E-state index contributed by atoms with van der Waals surface area (Å²) in [5.74, 6) is -0.473. The Bertz CT molecular complexity index is 723. The van der Waals surface area contributed by atoms with E-state index in [0.717, 1.165) is 5.56 Å². The van der Waals surface area contributed by atoms with Gasteiger partial charge in [-0.05, 0) is 25.5 Å². The summed E-state index contributed by atoms with van der Waals surface area (Å²) in [6.45, 7) is 9.45. The molecule has 2 aliphatic heterocycles. The first-order valence-corrected chi connectivity index (χ1v) is 8.90. The summed E-state index contributed by atoms with van der Waals surface area (Å²) in [5, 5.41) is 0. The molecular formula is C20H25N3O3. The fourth-order valence-electron chi connectivity index (χ4n) is 3.61. The molecule has 0 saturated carbocycles. The predicted octanol–water partition coefficient (Wildman–Crippen LogP) is 1.28. The molecule has 138 valence electrons. The highest BCUT2D eigenvalue weighted by Crippen LogP contribution is 2.28. The molecule has 0 aliphatic carbocycles. The minimum atomic E-state index is -0.882. The highest BCUT2D eigenvalue weighted by atomic mass is 16.2. The van der Waals surface area contributed by atoms with Crippen LogP contribution in [0.1, 0.15) is 19.4 Å². The van der Waals surface area contributed by atoms with Crippen LogP contribution in [0, 0.1) is 5.92 Å². The molecule has 0 radical (unpaired) electrons. The van der Waals surface area contributed by atoms with E-state index < -0.39 is 5.54 Å². The van der Waals surface area contributed by atoms with Crippen molar-refractivity contribution in [1.29, 1.82) is 0 Å². The third kappa shape index (κ3) is 3.23. The van der Waals surface area contributed by atoms with Crippen LogP contribution in [0.4, 0.5) is 0 Å². The molecule has 2 saturated heterocycles. The van der Waals surface area contributed by atoms with Crippen LogP contribution in [0.5, 0.6) is 0 Å². The van der Waals surface area contributed by atoms with Gasteiger partial charge in [0.25, 0.3) is 0 Å².